The van der Waals surface area contributed by atoms with E-state index in [1.165, 1.54) is 6.07 Å². The quantitative estimate of drug-likeness (QED) is 0.754. The average Bonchev–Trinajstić information content (AvgIpc) is 3.07. The Morgan fingerprint density at radius 3 is 2.32 bits per heavy atom. The lowest BCUT2D eigenvalue weighted by atomic mass is 10.2. The molecule has 1 aliphatic heterocycles. The number of hydrogen-bond acceptors (Lipinski definition) is 5. The standard InChI is InChI=1S/C14H11Cl2F3N4OS/c15-9-2-1-8(7-10(9)16)11(24)22-3-5-23(6-4-22)13-21-20-12(25-13)14(17,18)19/h1-2,7H,3-6H2. The van der Waals surface area contributed by atoms with Gasteiger partial charge in [0, 0.05) is 31.7 Å². The summed E-state index contributed by atoms with van der Waals surface area (Å²) in [5, 5.41) is 6.65. The van der Waals surface area contributed by atoms with Crippen LogP contribution in [0.4, 0.5) is 18.3 Å². The normalized spacial score (nSPS) is 15.6. The van der Waals surface area contributed by atoms with Crippen LogP contribution in [0, 0.1) is 0 Å². The van der Waals surface area contributed by atoms with E-state index in [4.69, 9.17) is 23.2 Å². The Morgan fingerprint density at radius 2 is 1.76 bits per heavy atom. The molecule has 0 atom stereocenters. The fourth-order valence-electron chi connectivity index (χ4n) is 2.37. The van der Waals surface area contributed by atoms with Crippen LogP contribution in [-0.2, 0) is 6.18 Å². The molecule has 1 aromatic carbocycles. The summed E-state index contributed by atoms with van der Waals surface area (Å²) in [5.74, 6) is -0.202. The predicted molar refractivity (Wildman–Crippen MR) is 89.5 cm³/mol. The van der Waals surface area contributed by atoms with Gasteiger partial charge in [-0.3, -0.25) is 4.79 Å². The zero-order valence-electron chi connectivity index (χ0n) is 12.6. The van der Waals surface area contributed by atoms with Crippen LogP contribution in [-0.4, -0.2) is 47.2 Å². The van der Waals surface area contributed by atoms with Crippen LogP contribution in [0.5, 0.6) is 0 Å². The van der Waals surface area contributed by atoms with Crippen molar-refractivity contribution in [3.63, 3.8) is 0 Å². The van der Waals surface area contributed by atoms with E-state index in [9.17, 15) is 18.0 Å². The Morgan fingerprint density at radius 1 is 1.08 bits per heavy atom. The van der Waals surface area contributed by atoms with E-state index in [1.54, 1.807) is 21.9 Å². The number of amides is 1. The Hall–Kier alpha value is -1.58. The predicted octanol–water partition coefficient (Wildman–Crippen LogP) is 3.83. The number of anilines is 1. The van der Waals surface area contributed by atoms with Crippen molar-refractivity contribution >= 4 is 45.6 Å². The molecule has 5 nitrogen and oxygen atoms in total. The molecule has 11 heteroatoms. The number of alkyl halides is 3. The van der Waals surface area contributed by atoms with Gasteiger partial charge in [0.1, 0.15) is 0 Å². The fraction of sp³-hybridized carbons (Fsp3) is 0.357. The van der Waals surface area contributed by atoms with Crippen molar-refractivity contribution in [1.29, 1.82) is 0 Å². The molecule has 1 aromatic heterocycles. The molecule has 0 saturated carbocycles. The van der Waals surface area contributed by atoms with Crippen LogP contribution in [0.15, 0.2) is 18.2 Å². The van der Waals surface area contributed by atoms with E-state index in [0.29, 0.717) is 53.1 Å². The number of carbonyl (C=O) groups excluding carboxylic acids is 1. The SMILES string of the molecule is O=C(c1ccc(Cl)c(Cl)c1)N1CCN(c2nnc(C(F)(F)F)s2)CC1. The van der Waals surface area contributed by atoms with Gasteiger partial charge in [-0.1, -0.05) is 34.5 Å². The molecule has 0 spiro atoms. The molecule has 1 aliphatic rings. The Labute approximate surface area is 155 Å². The number of carbonyl (C=O) groups is 1. The summed E-state index contributed by atoms with van der Waals surface area (Å²) in [6, 6.07) is 4.63. The lowest BCUT2D eigenvalue weighted by Crippen LogP contribution is -2.48. The zero-order valence-corrected chi connectivity index (χ0v) is 14.9. The monoisotopic (exact) mass is 410 g/mol. The van der Waals surface area contributed by atoms with E-state index in [-0.39, 0.29) is 11.0 Å². The maximum absolute atomic E-state index is 12.6. The molecule has 0 radical (unpaired) electrons. The number of halogens is 5. The highest BCUT2D eigenvalue weighted by atomic mass is 35.5. The molecule has 3 rings (SSSR count). The van der Waals surface area contributed by atoms with E-state index >= 15 is 0 Å². The second-order valence-corrected chi connectivity index (χ2v) is 7.07. The zero-order chi connectivity index (χ0) is 18.2. The van der Waals surface area contributed by atoms with Crippen LogP contribution in [0.25, 0.3) is 0 Å². The van der Waals surface area contributed by atoms with Crippen LogP contribution < -0.4 is 4.90 Å². The van der Waals surface area contributed by atoms with Crippen molar-refractivity contribution in [2.24, 2.45) is 0 Å². The van der Waals surface area contributed by atoms with Crippen molar-refractivity contribution in [3.05, 3.63) is 38.8 Å². The molecular formula is C14H11Cl2F3N4OS. The first-order chi connectivity index (χ1) is 11.8. The fourth-order valence-corrected chi connectivity index (χ4v) is 3.43. The minimum absolute atomic E-state index is 0.202. The van der Waals surface area contributed by atoms with Crippen molar-refractivity contribution in [3.8, 4) is 0 Å². The second-order valence-electron chi connectivity index (χ2n) is 5.30. The molecule has 1 saturated heterocycles. The molecule has 2 heterocycles. The number of nitrogens with zero attached hydrogens (tertiary/aromatic N) is 4. The molecule has 25 heavy (non-hydrogen) atoms. The van der Waals surface area contributed by atoms with Gasteiger partial charge in [0.05, 0.1) is 10.0 Å². The van der Waals surface area contributed by atoms with E-state index in [2.05, 4.69) is 10.2 Å². The first-order valence-electron chi connectivity index (χ1n) is 7.15. The summed E-state index contributed by atoms with van der Waals surface area (Å²) in [6.45, 7) is 1.47. The minimum Gasteiger partial charge on any atom is -0.343 e. The molecule has 1 fully saturated rings. The summed E-state index contributed by atoms with van der Waals surface area (Å²) >= 11 is 12.3. The summed E-state index contributed by atoms with van der Waals surface area (Å²) in [6.07, 6.45) is -4.50. The van der Waals surface area contributed by atoms with Crippen molar-refractivity contribution in [2.75, 3.05) is 31.1 Å². The molecule has 134 valence electrons. The van der Waals surface area contributed by atoms with Crippen molar-refractivity contribution in [1.82, 2.24) is 15.1 Å². The Bertz CT molecular complexity index is 791. The van der Waals surface area contributed by atoms with Gasteiger partial charge in [0.25, 0.3) is 5.91 Å². The number of hydrogen-bond donors (Lipinski definition) is 0. The summed E-state index contributed by atoms with van der Waals surface area (Å²) in [7, 11) is 0. The first kappa shape index (κ1) is 18.2. The number of piperazine rings is 1. The smallest absolute Gasteiger partial charge is 0.343 e. The first-order valence-corrected chi connectivity index (χ1v) is 8.73. The van der Waals surface area contributed by atoms with Gasteiger partial charge in [0.2, 0.25) is 10.1 Å². The van der Waals surface area contributed by atoms with Gasteiger partial charge in [-0.15, -0.1) is 10.2 Å². The summed E-state index contributed by atoms with van der Waals surface area (Å²) < 4.78 is 37.8. The Balaban J connectivity index is 1.64. The third-order valence-electron chi connectivity index (χ3n) is 3.66. The van der Waals surface area contributed by atoms with Crippen LogP contribution >= 0.6 is 34.5 Å². The summed E-state index contributed by atoms with van der Waals surface area (Å²) in [4.78, 5) is 15.8. The van der Waals surface area contributed by atoms with E-state index in [1.807, 2.05) is 0 Å². The van der Waals surface area contributed by atoms with Gasteiger partial charge in [-0.05, 0) is 18.2 Å². The third kappa shape index (κ3) is 3.99. The lowest BCUT2D eigenvalue weighted by Gasteiger charge is -2.34. The molecule has 2 aromatic rings. The minimum atomic E-state index is -4.50. The molecular weight excluding hydrogens is 400 g/mol. The topological polar surface area (TPSA) is 49.3 Å². The van der Waals surface area contributed by atoms with Gasteiger partial charge < -0.3 is 9.80 Å². The molecule has 1 amide bonds. The van der Waals surface area contributed by atoms with Crippen LogP contribution in [0.1, 0.15) is 15.4 Å². The van der Waals surface area contributed by atoms with Crippen LogP contribution in [0.2, 0.25) is 10.0 Å². The molecule has 0 bridgehead atoms. The van der Waals surface area contributed by atoms with Gasteiger partial charge in [-0.2, -0.15) is 13.2 Å². The number of aromatic nitrogens is 2. The third-order valence-corrected chi connectivity index (χ3v) is 5.43. The lowest BCUT2D eigenvalue weighted by molar-refractivity contribution is -0.138. The number of benzene rings is 1. The van der Waals surface area contributed by atoms with Gasteiger partial charge >= 0.3 is 6.18 Å². The maximum Gasteiger partial charge on any atom is 0.445 e. The van der Waals surface area contributed by atoms with Gasteiger partial charge in [0.15, 0.2) is 0 Å². The van der Waals surface area contributed by atoms with Crippen LogP contribution in [0.3, 0.4) is 0 Å². The van der Waals surface area contributed by atoms with E-state index in [0.717, 1.165) is 0 Å². The van der Waals surface area contributed by atoms with Crippen molar-refractivity contribution < 1.29 is 18.0 Å². The molecule has 0 unspecified atom stereocenters. The second kappa shape index (κ2) is 6.97. The average molecular weight is 411 g/mol. The van der Waals surface area contributed by atoms with Gasteiger partial charge in [-0.25, -0.2) is 0 Å². The largest absolute Gasteiger partial charge is 0.445 e. The highest BCUT2D eigenvalue weighted by Crippen LogP contribution is 2.34. The number of rotatable bonds is 2. The Kier molecular flexibility index (Phi) is 5.08. The highest BCUT2D eigenvalue weighted by Gasteiger charge is 2.36. The highest BCUT2D eigenvalue weighted by molar-refractivity contribution is 7.15. The molecule has 0 aliphatic carbocycles. The summed E-state index contributed by atoms with van der Waals surface area (Å²) in [5.41, 5.74) is 0.415. The van der Waals surface area contributed by atoms with E-state index < -0.39 is 11.2 Å². The maximum atomic E-state index is 12.6. The van der Waals surface area contributed by atoms with Crippen molar-refractivity contribution in [2.45, 2.75) is 6.18 Å². The molecule has 0 N–H and O–H groups in total.